The normalized spacial score (nSPS) is 10.1. The first-order chi connectivity index (χ1) is 6.49. The summed E-state index contributed by atoms with van der Waals surface area (Å²) in [5, 5.41) is 0. The molecule has 14 heavy (non-hydrogen) atoms. The van der Waals surface area contributed by atoms with Gasteiger partial charge in [-0.3, -0.25) is 0 Å². The zero-order valence-electron chi connectivity index (χ0n) is 7.53. The van der Waals surface area contributed by atoms with Crippen LogP contribution in [-0.2, 0) is 4.74 Å². The van der Waals surface area contributed by atoms with Gasteiger partial charge in [0, 0.05) is 0 Å². The molecule has 1 rings (SSSR count). The maximum Gasteiger partial charge on any atom is 0.343 e. The van der Waals surface area contributed by atoms with E-state index in [1.165, 1.54) is 6.92 Å². The number of esters is 1. The lowest BCUT2D eigenvalue weighted by atomic mass is 10.1. The van der Waals surface area contributed by atoms with Gasteiger partial charge in [0.25, 0.3) is 0 Å². The number of carbonyl (C=O) groups is 1. The number of rotatable bonds is 1. The molecule has 0 aromatic heterocycles. The Morgan fingerprint density at radius 2 is 1.86 bits per heavy atom. The molecule has 0 fully saturated rings. The Kier molecular flexibility index (Phi) is 2.78. The number of aryl methyl sites for hydroxylation is 1. The number of methoxy groups -OCH3 is 1. The van der Waals surface area contributed by atoms with Crippen molar-refractivity contribution in [2.75, 3.05) is 7.11 Å². The molecule has 0 spiro atoms. The smallest absolute Gasteiger partial charge is 0.343 e. The van der Waals surface area contributed by atoms with Crippen LogP contribution in [0.3, 0.4) is 0 Å². The van der Waals surface area contributed by atoms with Crippen molar-refractivity contribution in [1.29, 1.82) is 0 Å². The van der Waals surface area contributed by atoms with Gasteiger partial charge in [-0.05, 0) is 18.6 Å². The van der Waals surface area contributed by atoms with Gasteiger partial charge in [0.15, 0.2) is 11.6 Å². The van der Waals surface area contributed by atoms with Crippen molar-refractivity contribution in [3.05, 3.63) is 34.6 Å². The number of benzene rings is 1. The van der Waals surface area contributed by atoms with E-state index < -0.39 is 29.0 Å². The monoisotopic (exact) mass is 204 g/mol. The third-order valence-electron chi connectivity index (χ3n) is 1.73. The summed E-state index contributed by atoms with van der Waals surface area (Å²) in [5.74, 6) is -5.13. The molecule has 76 valence electrons. The second-order valence-corrected chi connectivity index (χ2v) is 2.67. The molecule has 0 atom stereocenters. The van der Waals surface area contributed by atoms with Crippen molar-refractivity contribution in [2.24, 2.45) is 0 Å². The largest absolute Gasteiger partial charge is 0.465 e. The average Bonchev–Trinajstić information content (AvgIpc) is 2.14. The Morgan fingerprint density at radius 3 is 2.36 bits per heavy atom. The fourth-order valence-electron chi connectivity index (χ4n) is 1.00. The van der Waals surface area contributed by atoms with Gasteiger partial charge in [-0.25, -0.2) is 18.0 Å². The molecule has 1 aromatic carbocycles. The summed E-state index contributed by atoms with van der Waals surface area (Å²) in [6.07, 6.45) is 0. The number of halogens is 3. The Balaban J connectivity index is 3.44. The van der Waals surface area contributed by atoms with Crippen molar-refractivity contribution < 1.29 is 22.7 Å². The summed E-state index contributed by atoms with van der Waals surface area (Å²) in [6.45, 7) is 1.20. The Hall–Kier alpha value is -1.52. The van der Waals surface area contributed by atoms with Gasteiger partial charge in [-0.2, -0.15) is 0 Å². The molecule has 0 unspecified atom stereocenters. The minimum Gasteiger partial charge on any atom is -0.465 e. The van der Waals surface area contributed by atoms with Gasteiger partial charge in [-0.15, -0.1) is 0 Å². The zero-order chi connectivity index (χ0) is 10.9. The highest BCUT2D eigenvalue weighted by Crippen LogP contribution is 2.19. The molecule has 0 amide bonds. The van der Waals surface area contributed by atoms with Crippen LogP contribution in [0.1, 0.15) is 15.9 Å². The second kappa shape index (κ2) is 3.69. The maximum absolute atomic E-state index is 13.0. The zero-order valence-corrected chi connectivity index (χ0v) is 7.53. The SMILES string of the molecule is COC(=O)c1c(F)cc(C)c(F)c1F. The van der Waals surface area contributed by atoms with Gasteiger partial charge >= 0.3 is 5.97 Å². The fourth-order valence-corrected chi connectivity index (χ4v) is 1.00. The van der Waals surface area contributed by atoms with E-state index in [2.05, 4.69) is 4.74 Å². The molecule has 0 aliphatic heterocycles. The molecule has 2 nitrogen and oxygen atoms in total. The van der Waals surface area contributed by atoms with Crippen LogP contribution in [0, 0.1) is 24.4 Å². The van der Waals surface area contributed by atoms with E-state index in [9.17, 15) is 18.0 Å². The summed E-state index contributed by atoms with van der Waals surface area (Å²) < 4.78 is 43.1. The highest BCUT2D eigenvalue weighted by molar-refractivity contribution is 5.90. The lowest BCUT2D eigenvalue weighted by Gasteiger charge is -2.05. The summed E-state index contributed by atoms with van der Waals surface area (Å²) in [7, 11) is 0.957. The Labute approximate surface area is 78.3 Å². The van der Waals surface area contributed by atoms with Crippen LogP contribution in [-0.4, -0.2) is 13.1 Å². The predicted octanol–water partition coefficient (Wildman–Crippen LogP) is 2.20. The standard InChI is InChI=1S/C9H7F3O2/c1-4-3-5(10)6(9(13)14-2)8(12)7(4)11/h3H,1-2H3. The second-order valence-electron chi connectivity index (χ2n) is 2.67. The van der Waals surface area contributed by atoms with E-state index in [-0.39, 0.29) is 5.56 Å². The van der Waals surface area contributed by atoms with Gasteiger partial charge in [0.2, 0.25) is 0 Å². The van der Waals surface area contributed by atoms with Crippen molar-refractivity contribution in [3.63, 3.8) is 0 Å². The van der Waals surface area contributed by atoms with Crippen LogP contribution in [0.25, 0.3) is 0 Å². The molecule has 0 radical (unpaired) electrons. The lowest BCUT2D eigenvalue weighted by Crippen LogP contribution is -2.10. The van der Waals surface area contributed by atoms with E-state index in [4.69, 9.17) is 0 Å². The highest BCUT2D eigenvalue weighted by atomic mass is 19.2. The number of hydrogen-bond donors (Lipinski definition) is 0. The van der Waals surface area contributed by atoms with Crippen LogP contribution in [0.4, 0.5) is 13.2 Å². The molecule has 5 heteroatoms. The third kappa shape index (κ3) is 1.57. The molecule has 0 aliphatic carbocycles. The fraction of sp³-hybridized carbons (Fsp3) is 0.222. The molecular formula is C9H7F3O2. The first kappa shape index (κ1) is 10.6. The van der Waals surface area contributed by atoms with Gasteiger partial charge < -0.3 is 4.74 Å². The van der Waals surface area contributed by atoms with Crippen LogP contribution >= 0.6 is 0 Å². The van der Waals surface area contributed by atoms with Gasteiger partial charge in [0.05, 0.1) is 7.11 Å². The van der Waals surface area contributed by atoms with E-state index in [1.54, 1.807) is 0 Å². The van der Waals surface area contributed by atoms with Crippen molar-refractivity contribution in [2.45, 2.75) is 6.92 Å². The molecular weight excluding hydrogens is 197 g/mol. The van der Waals surface area contributed by atoms with E-state index in [0.29, 0.717) is 0 Å². The van der Waals surface area contributed by atoms with Crippen LogP contribution < -0.4 is 0 Å². The molecule has 0 aliphatic rings. The van der Waals surface area contributed by atoms with Gasteiger partial charge in [0.1, 0.15) is 11.4 Å². The first-order valence-corrected chi connectivity index (χ1v) is 3.71. The van der Waals surface area contributed by atoms with Crippen LogP contribution in [0.2, 0.25) is 0 Å². The number of hydrogen-bond acceptors (Lipinski definition) is 2. The highest BCUT2D eigenvalue weighted by Gasteiger charge is 2.23. The lowest BCUT2D eigenvalue weighted by molar-refractivity contribution is 0.0588. The Bertz CT molecular complexity index is 388. The van der Waals surface area contributed by atoms with Crippen LogP contribution in [0.5, 0.6) is 0 Å². The average molecular weight is 204 g/mol. The molecule has 0 heterocycles. The maximum atomic E-state index is 13.0. The summed E-state index contributed by atoms with van der Waals surface area (Å²) in [6, 6.07) is 0.741. The van der Waals surface area contributed by atoms with Crippen molar-refractivity contribution >= 4 is 5.97 Å². The van der Waals surface area contributed by atoms with Crippen molar-refractivity contribution in [3.8, 4) is 0 Å². The quantitative estimate of drug-likeness (QED) is 0.517. The topological polar surface area (TPSA) is 26.3 Å². The van der Waals surface area contributed by atoms with Gasteiger partial charge in [-0.1, -0.05) is 0 Å². The predicted molar refractivity (Wildman–Crippen MR) is 42.4 cm³/mol. The van der Waals surface area contributed by atoms with E-state index >= 15 is 0 Å². The summed E-state index contributed by atoms with van der Waals surface area (Å²) in [4.78, 5) is 10.8. The molecule has 0 saturated carbocycles. The minimum atomic E-state index is -1.52. The summed E-state index contributed by atoms with van der Waals surface area (Å²) in [5.41, 5.74) is -1.21. The van der Waals surface area contributed by atoms with E-state index in [0.717, 1.165) is 13.2 Å². The van der Waals surface area contributed by atoms with E-state index in [1.807, 2.05) is 0 Å². The third-order valence-corrected chi connectivity index (χ3v) is 1.73. The number of ether oxygens (including phenoxy) is 1. The molecule has 0 bridgehead atoms. The minimum absolute atomic E-state index is 0.201. The first-order valence-electron chi connectivity index (χ1n) is 3.71. The number of carbonyl (C=O) groups excluding carboxylic acids is 1. The molecule has 1 aromatic rings. The Morgan fingerprint density at radius 1 is 1.29 bits per heavy atom. The summed E-state index contributed by atoms with van der Waals surface area (Å²) >= 11 is 0. The molecule has 0 N–H and O–H groups in total. The van der Waals surface area contributed by atoms with Crippen molar-refractivity contribution in [1.82, 2.24) is 0 Å². The molecule has 0 saturated heterocycles. The van der Waals surface area contributed by atoms with Crippen LogP contribution in [0.15, 0.2) is 6.07 Å².